The highest BCUT2D eigenvalue weighted by Gasteiger charge is 2.40. The van der Waals surface area contributed by atoms with Crippen molar-refractivity contribution in [3.05, 3.63) is 0 Å². The maximum atomic E-state index is 11.2. The van der Waals surface area contributed by atoms with Crippen LogP contribution in [-0.4, -0.2) is 47.2 Å². The van der Waals surface area contributed by atoms with Crippen molar-refractivity contribution in [2.45, 2.75) is 39.3 Å². The first-order valence-electron chi connectivity index (χ1n) is 4.95. The van der Waals surface area contributed by atoms with Crippen LogP contribution in [0.4, 0.5) is 0 Å². The molecule has 0 aromatic carbocycles. The molecule has 1 N–H and O–H groups in total. The van der Waals surface area contributed by atoms with E-state index in [4.69, 9.17) is 9.84 Å². The van der Waals surface area contributed by atoms with Crippen LogP contribution in [0.15, 0.2) is 0 Å². The standard InChI is InChI=1S/C10H19NO4/c1-5-15-6-10(4,9(13)14)11(7-12)8(2)3/h7-8H,5-6H2,1-4H3,(H,13,14). The van der Waals surface area contributed by atoms with Gasteiger partial charge in [0.1, 0.15) is 0 Å². The third-order valence-corrected chi connectivity index (χ3v) is 2.29. The van der Waals surface area contributed by atoms with E-state index < -0.39 is 11.5 Å². The van der Waals surface area contributed by atoms with Crippen LogP contribution >= 0.6 is 0 Å². The molecule has 5 heteroatoms. The molecule has 1 atom stereocenters. The molecule has 0 bridgehead atoms. The molecule has 0 radical (unpaired) electrons. The van der Waals surface area contributed by atoms with Gasteiger partial charge in [-0.15, -0.1) is 0 Å². The van der Waals surface area contributed by atoms with Crippen LogP contribution in [0.25, 0.3) is 0 Å². The van der Waals surface area contributed by atoms with Gasteiger partial charge >= 0.3 is 5.97 Å². The highest BCUT2D eigenvalue weighted by Crippen LogP contribution is 2.17. The van der Waals surface area contributed by atoms with Crippen LogP contribution in [0.5, 0.6) is 0 Å². The molecule has 0 aliphatic rings. The number of carbonyl (C=O) groups excluding carboxylic acids is 1. The van der Waals surface area contributed by atoms with Crippen molar-refractivity contribution >= 4 is 12.4 Å². The lowest BCUT2D eigenvalue weighted by Crippen LogP contribution is -2.57. The molecule has 5 nitrogen and oxygen atoms in total. The van der Waals surface area contributed by atoms with Crippen molar-refractivity contribution in [1.82, 2.24) is 4.90 Å². The van der Waals surface area contributed by atoms with Crippen molar-refractivity contribution < 1.29 is 19.4 Å². The number of carbonyl (C=O) groups is 2. The molecule has 0 rings (SSSR count). The zero-order valence-corrected chi connectivity index (χ0v) is 9.69. The summed E-state index contributed by atoms with van der Waals surface area (Å²) in [6.07, 6.45) is 0.553. The maximum Gasteiger partial charge on any atom is 0.331 e. The minimum absolute atomic E-state index is 0.00421. The summed E-state index contributed by atoms with van der Waals surface area (Å²) in [4.78, 5) is 23.3. The average molecular weight is 217 g/mol. The lowest BCUT2D eigenvalue weighted by molar-refractivity contribution is -0.160. The summed E-state index contributed by atoms with van der Waals surface area (Å²) < 4.78 is 5.11. The summed E-state index contributed by atoms with van der Waals surface area (Å²) in [7, 11) is 0. The van der Waals surface area contributed by atoms with Crippen molar-refractivity contribution in [2.24, 2.45) is 0 Å². The van der Waals surface area contributed by atoms with Crippen molar-refractivity contribution in [1.29, 1.82) is 0 Å². The van der Waals surface area contributed by atoms with Crippen molar-refractivity contribution in [2.75, 3.05) is 13.2 Å². The summed E-state index contributed by atoms with van der Waals surface area (Å²) in [5, 5.41) is 9.13. The quantitative estimate of drug-likeness (QED) is 0.638. The Hall–Kier alpha value is -1.10. The molecule has 0 fully saturated rings. The van der Waals surface area contributed by atoms with Gasteiger partial charge in [0.25, 0.3) is 0 Å². The van der Waals surface area contributed by atoms with E-state index in [9.17, 15) is 9.59 Å². The third kappa shape index (κ3) is 3.20. The molecule has 15 heavy (non-hydrogen) atoms. The number of carboxylic acid groups (broad SMARTS) is 1. The monoisotopic (exact) mass is 217 g/mol. The van der Waals surface area contributed by atoms with Crippen LogP contribution in [0, 0.1) is 0 Å². The Labute approximate surface area is 90.0 Å². The second-order valence-corrected chi connectivity index (χ2v) is 3.82. The van der Waals surface area contributed by atoms with Gasteiger partial charge in [0.2, 0.25) is 6.41 Å². The predicted octanol–water partition coefficient (Wildman–Crippen LogP) is 0.733. The van der Waals surface area contributed by atoms with E-state index >= 15 is 0 Å². The van der Waals surface area contributed by atoms with E-state index in [0.717, 1.165) is 0 Å². The fourth-order valence-electron chi connectivity index (χ4n) is 1.36. The minimum atomic E-state index is -1.30. The largest absolute Gasteiger partial charge is 0.479 e. The summed E-state index contributed by atoms with van der Waals surface area (Å²) in [6, 6.07) is -0.177. The molecule has 0 aliphatic carbocycles. The van der Waals surface area contributed by atoms with Gasteiger partial charge in [0.05, 0.1) is 6.61 Å². The van der Waals surface area contributed by atoms with Gasteiger partial charge < -0.3 is 14.7 Å². The summed E-state index contributed by atoms with van der Waals surface area (Å²) >= 11 is 0. The fraction of sp³-hybridized carbons (Fsp3) is 0.800. The summed E-state index contributed by atoms with van der Waals surface area (Å²) in [6.45, 7) is 7.22. The van der Waals surface area contributed by atoms with Crippen LogP contribution in [0.1, 0.15) is 27.7 Å². The minimum Gasteiger partial charge on any atom is -0.479 e. The molecule has 0 saturated carbocycles. The summed E-state index contributed by atoms with van der Waals surface area (Å²) in [5.41, 5.74) is -1.30. The zero-order chi connectivity index (χ0) is 12.1. The molecule has 0 saturated heterocycles. The van der Waals surface area contributed by atoms with Gasteiger partial charge in [-0.1, -0.05) is 0 Å². The molecule has 0 aromatic rings. The van der Waals surface area contributed by atoms with Crippen LogP contribution in [-0.2, 0) is 14.3 Å². The van der Waals surface area contributed by atoms with Crippen LogP contribution in [0.2, 0.25) is 0 Å². The lowest BCUT2D eigenvalue weighted by Gasteiger charge is -2.37. The normalized spacial score (nSPS) is 14.7. The van der Waals surface area contributed by atoms with Gasteiger partial charge in [-0.2, -0.15) is 0 Å². The molecule has 0 spiro atoms. The van der Waals surface area contributed by atoms with Gasteiger partial charge in [-0.25, -0.2) is 4.79 Å². The number of carboxylic acids is 1. The van der Waals surface area contributed by atoms with Crippen molar-refractivity contribution in [3.63, 3.8) is 0 Å². The van der Waals surface area contributed by atoms with Gasteiger partial charge in [-0.05, 0) is 27.7 Å². The van der Waals surface area contributed by atoms with E-state index in [1.54, 1.807) is 20.8 Å². The number of hydrogen-bond donors (Lipinski definition) is 1. The number of amides is 1. The molecule has 1 amide bonds. The van der Waals surface area contributed by atoms with Gasteiger partial charge in [0, 0.05) is 12.6 Å². The van der Waals surface area contributed by atoms with Gasteiger partial charge in [-0.3, -0.25) is 4.79 Å². The number of aliphatic carboxylic acids is 1. The number of hydrogen-bond acceptors (Lipinski definition) is 3. The molecule has 0 aromatic heterocycles. The highest BCUT2D eigenvalue weighted by molar-refractivity contribution is 5.81. The van der Waals surface area contributed by atoms with Gasteiger partial charge in [0.15, 0.2) is 5.54 Å². The Kier molecular flexibility index (Phi) is 5.28. The Bertz CT molecular complexity index is 229. The summed E-state index contributed by atoms with van der Waals surface area (Å²) in [5.74, 6) is -1.06. The first-order chi connectivity index (χ1) is 6.90. The number of rotatable bonds is 7. The Morgan fingerprint density at radius 3 is 2.40 bits per heavy atom. The SMILES string of the molecule is CCOCC(C)(C(=O)O)N(C=O)C(C)C. The van der Waals surface area contributed by atoms with Crippen molar-refractivity contribution in [3.8, 4) is 0 Å². The molecular weight excluding hydrogens is 198 g/mol. The number of nitrogens with zero attached hydrogens (tertiary/aromatic N) is 1. The second-order valence-electron chi connectivity index (χ2n) is 3.82. The molecular formula is C10H19NO4. The Morgan fingerprint density at radius 1 is 1.60 bits per heavy atom. The molecule has 0 heterocycles. The van der Waals surface area contributed by atoms with E-state index in [-0.39, 0.29) is 12.6 Å². The second kappa shape index (κ2) is 5.70. The molecule has 88 valence electrons. The first-order valence-corrected chi connectivity index (χ1v) is 4.95. The average Bonchev–Trinajstić information content (AvgIpc) is 2.14. The Balaban J connectivity index is 4.89. The van der Waals surface area contributed by atoms with E-state index in [1.807, 2.05) is 0 Å². The van der Waals surface area contributed by atoms with E-state index in [2.05, 4.69) is 0 Å². The topological polar surface area (TPSA) is 66.8 Å². The Morgan fingerprint density at radius 2 is 2.13 bits per heavy atom. The maximum absolute atomic E-state index is 11.2. The third-order valence-electron chi connectivity index (χ3n) is 2.29. The van der Waals surface area contributed by atoms with E-state index in [0.29, 0.717) is 13.0 Å². The number of ether oxygens (including phenoxy) is 1. The highest BCUT2D eigenvalue weighted by atomic mass is 16.5. The lowest BCUT2D eigenvalue weighted by atomic mass is 10.0. The van der Waals surface area contributed by atoms with E-state index in [1.165, 1.54) is 11.8 Å². The first kappa shape index (κ1) is 13.9. The molecule has 0 aliphatic heterocycles. The predicted molar refractivity (Wildman–Crippen MR) is 55.6 cm³/mol. The smallest absolute Gasteiger partial charge is 0.331 e. The molecule has 1 unspecified atom stereocenters. The van der Waals surface area contributed by atoms with Crippen LogP contribution in [0.3, 0.4) is 0 Å². The van der Waals surface area contributed by atoms with Crippen LogP contribution < -0.4 is 0 Å². The fourth-order valence-corrected chi connectivity index (χ4v) is 1.36. The zero-order valence-electron chi connectivity index (χ0n) is 9.69.